The number of carbonyl (C=O) groups is 1. The first kappa shape index (κ1) is 19.6. The van der Waals surface area contributed by atoms with Crippen molar-refractivity contribution >= 4 is 11.7 Å². The Kier molecular flexibility index (Phi) is 5.35. The van der Waals surface area contributed by atoms with Gasteiger partial charge in [0.05, 0.1) is 6.04 Å². The first-order valence-electron chi connectivity index (χ1n) is 10.4. The Balaban J connectivity index is 1.53. The van der Waals surface area contributed by atoms with E-state index in [4.69, 9.17) is 9.47 Å². The van der Waals surface area contributed by atoms with Gasteiger partial charge in [-0.2, -0.15) is 0 Å². The summed E-state index contributed by atoms with van der Waals surface area (Å²) in [5, 5.41) is 0. The molecule has 0 radical (unpaired) electrons. The molecule has 0 aliphatic carbocycles. The average molecular weight is 392 g/mol. The molecule has 0 N–H and O–H groups in total. The van der Waals surface area contributed by atoms with Gasteiger partial charge in [-0.25, -0.2) is 4.79 Å². The molecule has 2 heterocycles. The zero-order valence-corrected chi connectivity index (χ0v) is 17.4. The minimum absolute atomic E-state index is 0.0979. The van der Waals surface area contributed by atoms with E-state index in [1.807, 2.05) is 62.1 Å². The molecule has 1 fully saturated rings. The summed E-state index contributed by atoms with van der Waals surface area (Å²) >= 11 is 0. The lowest BCUT2D eigenvalue weighted by molar-refractivity contribution is 0.0175. The molecule has 4 rings (SSSR count). The molecule has 1 amide bonds. The lowest BCUT2D eigenvalue weighted by Crippen LogP contribution is -2.45. The van der Waals surface area contributed by atoms with E-state index in [2.05, 4.69) is 24.3 Å². The van der Waals surface area contributed by atoms with E-state index in [-0.39, 0.29) is 18.2 Å². The molecule has 2 bridgehead atoms. The zero-order chi connectivity index (χ0) is 20.4. The van der Waals surface area contributed by atoms with Gasteiger partial charge in [0.25, 0.3) is 0 Å². The number of nitrogens with zero attached hydrogens (tertiary/aromatic N) is 1. The number of benzene rings is 2. The highest BCUT2D eigenvalue weighted by Gasteiger charge is 2.41. The molecule has 29 heavy (non-hydrogen) atoms. The second kappa shape index (κ2) is 7.94. The normalized spacial score (nSPS) is 20.9. The zero-order valence-electron chi connectivity index (χ0n) is 17.4. The smallest absolute Gasteiger partial charge is 0.411 e. The van der Waals surface area contributed by atoms with Crippen LogP contribution < -0.4 is 4.74 Å². The molecule has 4 heteroatoms. The lowest BCUT2D eigenvalue weighted by atomic mass is 9.94. The van der Waals surface area contributed by atoms with E-state index in [0.29, 0.717) is 6.61 Å². The largest absolute Gasteiger partial charge is 0.488 e. The second-order valence-electron chi connectivity index (χ2n) is 8.85. The summed E-state index contributed by atoms with van der Waals surface area (Å²) in [7, 11) is 0. The van der Waals surface area contributed by atoms with Crippen LogP contribution in [-0.4, -0.2) is 28.7 Å². The number of hydrogen-bond acceptors (Lipinski definition) is 3. The van der Waals surface area contributed by atoms with Crippen LogP contribution in [-0.2, 0) is 11.3 Å². The fourth-order valence-electron chi connectivity index (χ4n) is 4.22. The van der Waals surface area contributed by atoms with Gasteiger partial charge < -0.3 is 9.47 Å². The Labute approximate surface area is 173 Å². The van der Waals surface area contributed by atoms with Crippen LogP contribution in [0.4, 0.5) is 4.79 Å². The molecule has 2 aromatic rings. The highest BCUT2D eigenvalue weighted by molar-refractivity contribution is 5.77. The number of ether oxygens (including phenoxy) is 2. The third-order valence-electron chi connectivity index (χ3n) is 5.47. The number of fused-ring (bicyclic) bond motifs is 2. The maximum Gasteiger partial charge on any atom is 0.411 e. The topological polar surface area (TPSA) is 38.8 Å². The average Bonchev–Trinajstić information content (AvgIpc) is 2.96. The quantitative estimate of drug-likeness (QED) is 0.659. The van der Waals surface area contributed by atoms with E-state index >= 15 is 0 Å². The maximum atomic E-state index is 12.7. The van der Waals surface area contributed by atoms with Crippen LogP contribution in [0.25, 0.3) is 5.57 Å². The van der Waals surface area contributed by atoms with Crippen LogP contribution in [0.1, 0.15) is 51.2 Å². The van der Waals surface area contributed by atoms with E-state index in [9.17, 15) is 4.79 Å². The standard InChI is InChI=1S/C25H29NO3/c1-25(2,3)29-24(27)26-20-13-14-21(26)16-19(15-20)22-11-7-8-12-23(22)28-17-18-9-5-4-6-10-18/h4-12,15,20-21H,13-14,16-17H2,1-3H3. The van der Waals surface area contributed by atoms with Crippen LogP contribution in [0.5, 0.6) is 5.75 Å². The van der Waals surface area contributed by atoms with Crippen molar-refractivity contribution < 1.29 is 14.3 Å². The highest BCUT2D eigenvalue weighted by Crippen LogP contribution is 2.41. The second-order valence-corrected chi connectivity index (χ2v) is 8.85. The van der Waals surface area contributed by atoms with Gasteiger partial charge in [-0.05, 0) is 57.2 Å². The first-order chi connectivity index (χ1) is 13.9. The van der Waals surface area contributed by atoms with E-state index in [1.165, 1.54) is 5.57 Å². The summed E-state index contributed by atoms with van der Waals surface area (Å²) in [4.78, 5) is 14.6. The minimum atomic E-state index is -0.474. The minimum Gasteiger partial charge on any atom is -0.488 e. The maximum absolute atomic E-state index is 12.7. The van der Waals surface area contributed by atoms with Gasteiger partial charge in [0.2, 0.25) is 0 Å². The molecule has 2 aliphatic heterocycles. The van der Waals surface area contributed by atoms with E-state index < -0.39 is 5.60 Å². The van der Waals surface area contributed by atoms with Gasteiger partial charge in [-0.3, -0.25) is 4.90 Å². The van der Waals surface area contributed by atoms with Crippen molar-refractivity contribution in [2.24, 2.45) is 0 Å². The van der Waals surface area contributed by atoms with Crippen molar-refractivity contribution in [3.05, 3.63) is 71.8 Å². The van der Waals surface area contributed by atoms with Crippen LogP contribution in [0, 0.1) is 0 Å². The summed E-state index contributed by atoms with van der Waals surface area (Å²) in [6.07, 6.45) is 4.87. The molecule has 4 nitrogen and oxygen atoms in total. The molecule has 2 aliphatic rings. The molecular weight excluding hydrogens is 362 g/mol. The number of carbonyl (C=O) groups excluding carboxylic acids is 1. The first-order valence-corrected chi connectivity index (χ1v) is 10.4. The molecule has 2 aromatic carbocycles. The van der Waals surface area contributed by atoms with Crippen molar-refractivity contribution in [1.82, 2.24) is 4.90 Å². The van der Waals surface area contributed by atoms with Gasteiger partial charge in [0.15, 0.2) is 0 Å². The lowest BCUT2D eigenvalue weighted by Gasteiger charge is -2.35. The SMILES string of the molecule is CC(C)(C)OC(=O)N1C2C=C(c3ccccc3OCc3ccccc3)CC1CC2. The van der Waals surface area contributed by atoms with Crippen molar-refractivity contribution in [3.63, 3.8) is 0 Å². The Morgan fingerprint density at radius 3 is 2.48 bits per heavy atom. The van der Waals surface area contributed by atoms with Gasteiger partial charge in [-0.15, -0.1) is 0 Å². The molecule has 1 saturated heterocycles. The van der Waals surface area contributed by atoms with Crippen molar-refractivity contribution in [3.8, 4) is 5.75 Å². The molecule has 0 spiro atoms. The molecule has 2 atom stereocenters. The van der Waals surface area contributed by atoms with Crippen LogP contribution in [0.3, 0.4) is 0 Å². The third-order valence-corrected chi connectivity index (χ3v) is 5.47. The summed E-state index contributed by atoms with van der Waals surface area (Å²) in [6, 6.07) is 18.7. The highest BCUT2D eigenvalue weighted by atomic mass is 16.6. The summed E-state index contributed by atoms with van der Waals surface area (Å²) in [5.74, 6) is 0.896. The van der Waals surface area contributed by atoms with Crippen molar-refractivity contribution in [2.45, 2.75) is 64.3 Å². The predicted octanol–water partition coefficient (Wildman–Crippen LogP) is 5.82. The summed E-state index contributed by atoms with van der Waals surface area (Å²) in [6.45, 7) is 6.29. The van der Waals surface area contributed by atoms with Gasteiger partial charge in [-0.1, -0.05) is 54.6 Å². The third kappa shape index (κ3) is 4.47. The number of para-hydroxylation sites is 1. The molecule has 2 unspecified atom stereocenters. The molecule has 0 aromatic heterocycles. The molecular formula is C25H29NO3. The Hall–Kier alpha value is -2.75. The van der Waals surface area contributed by atoms with Gasteiger partial charge >= 0.3 is 6.09 Å². The number of rotatable bonds is 4. The summed E-state index contributed by atoms with van der Waals surface area (Å²) in [5.41, 5.74) is 3.07. The molecule has 0 saturated carbocycles. The predicted molar refractivity (Wildman–Crippen MR) is 115 cm³/mol. The Morgan fingerprint density at radius 1 is 1.03 bits per heavy atom. The molecule has 152 valence electrons. The number of amides is 1. The fraction of sp³-hybridized carbons (Fsp3) is 0.400. The van der Waals surface area contributed by atoms with Gasteiger partial charge in [0, 0.05) is 11.6 Å². The van der Waals surface area contributed by atoms with Crippen molar-refractivity contribution in [1.29, 1.82) is 0 Å². The fourth-order valence-corrected chi connectivity index (χ4v) is 4.22. The van der Waals surface area contributed by atoms with Crippen LogP contribution in [0.2, 0.25) is 0 Å². The van der Waals surface area contributed by atoms with Crippen molar-refractivity contribution in [2.75, 3.05) is 0 Å². The van der Waals surface area contributed by atoms with Crippen LogP contribution >= 0.6 is 0 Å². The summed E-state index contributed by atoms with van der Waals surface area (Å²) < 4.78 is 11.8. The number of hydrogen-bond donors (Lipinski definition) is 0. The van der Waals surface area contributed by atoms with E-state index in [1.54, 1.807) is 0 Å². The van der Waals surface area contributed by atoms with Gasteiger partial charge in [0.1, 0.15) is 18.0 Å². The van der Waals surface area contributed by atoms with Crippen LogP contribution in [0.15, 0.2) is 60.7 Å². The monoisotopic (exact) mass is 391 g/mol. The van der Waals surface area contributed by atoms with E-state index in [0.717, 1.165) is 36.1 Å². The Bertz CT molecular complexity index is 898. The Morgan fingerprint density at radius 2 is 1.76 bits per heavy atom.